The molecule has 0 spiro atoms. The second-order valence-corrected chi connectivity index (χ2v) is 8.19. The number of carbonyl (C=O) groups excluding carboxylic acids is 1. The summed E-state index contributed by atoms with van der Waals surface area (Å²) >= 11 is 1.19. The lowest BCUT2D eigenvalue weighted by Crippen LogP contribution is -2.25. The van der Waals surface area contributed by atoms with Gasteiger partial charge in [-0.25, -0.2) is 9.78 Å². The van der Waals surface area contributed by atoms with Crippen molar-refractivity contribution >= 4 is 27.5 Å². The number of aryl methyl sites for hydroxylation is 1. The maximum absolute atomic E-state index is 12.8. The maximum atomic E-state index is 12.8. The molecule has 0 aliphatic rings. The van der Waals surface area contributed by atoms with Gasteiger partial charge in [0.1, 0.15) is 15.5 Å². The number of rotatable bonds is 8. The molecule has 0 aliphatic heterocycles. The number of hydrogen-bond acceptors (Lipinski definition) is 8. The molecule has 166 valence electrons. The molecule has 31 heavy (non-hydrogen) atoms. The molecule has 0 saturated carbocycles. The first-order valence-corrected chi connectivity index (χ1v) is 10.7. The average molecular weight is 446 g/mol. The van der Waals surface area contributed by atoms with Crippen LogP contribution in [0, 0.1) is 6.92 Å². The van der Waals surface area contributed by atoms with Crippen molar-refractivity contribution in [3.63, 3.8) is 0 Å². The van der Waals surface area contributed by atoms with Crippen LogP contribution in [0.4, 0.5) is 0 Å². The molecule has 1 atom stereocenters. The number of ether oxygens (including phenoxy) is 3. The number of nitrogens with zero attached hydrogens (tertiary/aromatic N) is 2. The van der Waals surface area contributed by atoms with Crippen molar-refractivity contribution in [3.05, 3.63) is 50.4 Å². The van der Waals surface area contributed by atoms with E-state index in [9.17, 15) is 9.59 Å². The molecule has 0 radical (unpaired) electrons. The second-order valence-electron chi connectivity index (χ2n) is 7.19. The van der Waals surface area contributed by atoms with Crippen molar-refractivity contribution in [1.29, 1.82) is 0 Å². The van der Waals surface area contributed by atoms with Gasteiger partial charge in [-0.05, 0) is 51.1 Å². The number of benzene rings is 1. The fourth-order valence-corrected chi connectivity index (χ4v) is 4.45. The van der Waals surface area contributed by atoms with Crippen molar-refractivity contribution in [2.45, 2.75) is 33.4 Å². The number of fused-ring (bicyclic) bond motifs is 1. The summed E-state index contributed by atoms with van der Waals surface area (Å²) in [5, 5.41) is 0.437. The Balaban J connectivity index is 1.88. The highest BCUT2D eigenvalue weighted by atomic mass is 32.1. The summed E-state index contributed by atoms with van der Waals surface area (Å²) in [6.45, 7) is 6.35. The molecule has 2 heterocycles. The van der Waals surface area contributed by atoms with Crippen molar-refractivity contribution in [2.75, 3.05) is 27.9 Å². The molecule has 0 bridgehead atoms. The smallest absolute Gasteiger partial charge is 0.348 e. The topological polar surface area (TPSA) is 93.8 Å². The number of nitrogens with one attached hydrogen (secondary N) is 1. The van der Waals surface area contributed by atoms with Gasteiger partial charge in [-0.3, -0.25) is 9.69 Å². The Morgan fingerprint density at radius 3 is 2.61 bits per heavy atom. The van der Waals surface area contributed by atoms with Gasteiger partial charge in [0, 0.05) is 6.54 Å². The van der Waals surface area contributed by atoms with E-state index < -0.39 is 5.97 Å². The number of thiophene rings is 1. The minimum absolute atomic E-state index is 0.168. The van der Waals surface area contributed by atoms with Crippen molar-refractivity contribution in [2.24, 2.45) is 0 Å². The Morgan fingerprint density at radius 2 is 1.97 bits per heavy atom. The number of aromatic nitrogens is 2. The van der Waals surface area contributed by atoms with Crippen molar-refractivity contribution in [1.82, 2.24) is 14.9 Å². The summed E-state index contributed by atoms with van der Waals surface area (Å²) in [6, 6.07) is 5.59. The Morgan fingerprint density at radius 1 is 1.26 bits per heavy atom. The zero-order valence-electron chi connectivity index (χ0n) is 18.6. The summed E-state index contributed by atoms with van der Waals surface area (Å²) < 4.78 is 15.8. The van der Waals surface area contributed by atoms with E-state index in [4.69, 9.17) is 14.2 Å². The number of H-pyrrole nitrogens is 1. The Bertz CT molecular complexity index is 1150. The Kier molecular flexibility index (Phi) is 6.97. The molecule has 0 unspecified atom stereocenters. The molecule has 0 saturated heterocycles. The van der Waals surface area contributed by atoms with Gasteiger partial charge in [-0.15, -0.1) is 11.3 Å². The first kappa shape index (κ1) is 22.8. The summed E-state index contributed by atoms with van der Waals surface area (Å²) in [7, 11) is 5.16. The molecule has 3 aromatic rings. The van der Waals surface area contributed by atoms with Gasteiger partial charge < -0.3 is 19.2 Å². The molecule has 3 rings (SSSR count). The lowest BCUT2D eigenvalue weighted by molar-refractivity contribution is 0.0531. The third-order valence-electron chi connectivity index (χ3n) is 5.22. The molecule has 0 aliphatic carbocycles. The van der Waals surface area contributed by atoms with E-state index in [1.807, 2.05) is 32.2 Å². The van der Waals surface area contributed by atoms with Crippen LogP contribution in [0.5, 0.6) is 11.5 Å². The van der Waals surface area contributed by atoms with Crippen LogP contribution < -0.4 is 15.0 Å². The highest BCUT2D eigenvalue weighted by molar-refractivity contribution is 7.20. The summed E-state index contributed by atoms with van der Waals surface area (Å²) in [4.78, 5) is 35.5. The van der Waals surface area contributed by atoms with E-state index in [1.165, 1.54) is 11.3 Å². The van der Waals surface area contributed by atoms with E-state index in [1.54, 1.807) is 28.1 Å². The van der Waals surface area contributed by atoms with Gasteiger partial charge >= 0.3 is 5.97 Å². The summed E-state index contributed by atoms with van der Waals surface area (Å²) in [5.41, 5.74) is 1.38. The Labute approximate surface area is 184 Å². The van der Waals surface area contributed by atoms with Crippen LogP contribution in [0.3, 0.4) is 0 Å². The first-order valence-electron chi connectivity index (χ1n) is 9.92. The quantitative estimate of drug-likeness (QED) is 0.529. The number of carbonyl (C=O) groups is 1. The van der Waals surface area contributed by atoms with Gasteiger partial charge in [-0.1, -0.05) is 6.07 Å². The van der Waals surface area contributed by atoms with Crippen LogP contribution in [0.2, 0.25) is 0 Å². The highest BCUT2D eigenvalue weighted by Gasteiger charge is 2.22. The maximum Gasteiger partial charge on any atom is 0.348 e. The van der Waals surface area contributed by atoms with Crippen molar-refractivity contribution in [3.8, 4) is 11.5 Å². The second kappa shape index (κ2) is 9.49. The van der Waals surface area contributed by atoms with Gasteiger partial charge in [0.25, 0.3) is 5.56 Å². The molecule has 0 fully saturated rings. The standard InChI is InChI=1S/C22H27N3O5S/c1-7-30-22(27)18-12(2)17-20(26)23-19(24-21(17)31-18)13(3)25(4)11-14-8-9-15(28-5)16(10-14)29-6/h8-10,13H,7,11H2,1-6H3,(H,23,24,26)/t13-/m0/s1. The van der Waals surface area contributed by atoms with Gasteiger partial charge in [0.15, 0.2) is 11.5 Å². The molecule has 0 amide bonds. The third-order valence-corrected chi connectivity index (χ3v) is 6.38. The van der Waals surface area contributed by atoms with E-state index in [0.29, 0.717) is 44.5 Å². The summed E-state index contributed by atoms with van der Waals surface area (Å²) in [5.74, 6) is 1.44. The SMILES string of the molecule is CCOC(=O)c1sc2nc([C@H](C)N(C)Cc3ccc(OC)c(OC)c3)[nH]c(=O)c2c1C. The van der Waals surface area contributed by atoms with Crippen LogP contribution in [-0.2, 0) is 11.3 Å². The average Bonchev–Trinajstić information content (AvgIpc) is 3.10. The molecular weight excluding hydrogens is 418 g/mol. The fraction of sp³-hybridized carbons (Fsp3) is 0.409. The van der Waals surface area contributed by atoms with E-state index >= 15 is 0 Å². The molecule has 1 aromatic carbocycles. The number of aromatic amines is 1. The molecule has 8 nitrogen and oxygen atoms in total. The minimum Gasteiger partial charge on any atom is -0.493 e. The molecule has 2 aromatic heterocycles. The monoisotopic (exact) mass is 445 g/mol. The third kappa shape index (κ3) is 4.57. The normalized spacial score (nSPS) is 12.2. The van der Waals surface area contributed by atoms with Crippen LogP contribution in [0.25, 0.3) is 10.2 Å². The van der Waals surface area contributed by atoms with Crippen LogP contribution in [-0.4, -0.2) is 48.7 Å². The van der Waals surface area contributed by atoms with Gasteiger partial charge in [-0.2, -0.15) is 0 Å². The minimum atomic E-state index is -0.428. The van der Waals surface area contributed by atoms with Gasteiger partial charge in [0.2, 0.25) is 0 Å². The largest absolute Gasteiger partial charge is 0.493 e. The van der Waals surface area contributed by atoms with Crippen LogP contribution >= 0.6 is 11.3 Å². The van der Waals surface area contributed by atoms with Crippen molar-refractivity contribution < 1.29 is 19.0 Å². The van der Waals surface area contributed by atoms with Crippen LogP contribution in [0.15, 0.2) is 23.0 Å². The first-order chi connectivity index (χ1) is 14.8. The lowest BCUT2D eigenvalue weighted by Gasteiger charge is -2.24. The van der Waals surface area contributed by atoms with Crippen LogP contribution in [0.1, 0.15) is 46.5 Å². The predicted octanol–water partition coefficient (Wildman–Crippen LogP) is 3.68. The van der Waals surface area contributed by atoms with E-state index in [-0.39, 0.29) is 18.2 Å². The zero-order valence-corrected chi connectivity index (χ0v) is 19.4. The Hall–Kier alpha value is -2.91. The number of esters is 1. The number of hydrogen-bond donors (Lipinski definition) is 1. The summed E-state index contributed by atoms with van der Waals surface area (Å²) in [6.07, 6.45) is 0. The lowest BCUT2D eigenvalue weighted by atomic mass is 10.1. The number of methoxy groups -OCH3 is 2. The van der Waals surface area contributed by atoms with E-state index in [2.05, 4.69) is 14.9 Å². The fourth-order valence-electron chi connectivity index (χ4n) is 3.36. The zero-order chi connectivity index (χ0) is 22.7. The molecule has 9 heteroatoms. The molecular formula is C22H27N3O5S. The highest BCUT2D eigenvalue weighted by Crippen LogP contribution is 2.30. The van der Waals surface area contributed by atoms with E-state index in [0.717, 1.165) is 5.56 Å². The predicted molar refractivity (Wildman–Crippen MR) is 120 cm³/mol. The molecule has 1 N–H and O–H groups in total. The van der Waals surface area contributed by atoms with Gasteiger partial charge in [0.05, 0.1) is 32.3 Å².